The number of carbonyl (C=O) groups is 4. The lowest BCUT2D eigenvalue weighted by Crippen LogP contribution is -2.74. The summed E-state index contributed by atoms with van der Waals surface area (Å²) in [4.78, 5) is 52.3. The highest BCUT2D eigenvalue weighted by Gasteiger charge is 2.56. The lowest BCUT2D eigenvalue weighted by atomic mass is 9.98. The Kier molecular flexibility index (Phi) is 5.98. The van der Waals surface area contributed by atoms with Gasteiger partial charge in [-0.25, -0.2) is 4.79 Å². The zero-order valence-corrected chi connectivity index (χ0v) is 17.8. The monoisotopic (exact) mass is 460 g/mol. The van der Waals surface area contributed by atoms with Crippen LogP contribution in [-0.4, -0.2) is 50.4 Å². The third-order valence-electron chi connectivity index (χ3n) is 4.64. The minimum absolute atomic E-state index is 0.0503. The van der Waals surface area contributed by atoms with Gasteiger partial charge < -0.3 is 15.3 Å². The molecule has 1 fully saturated rings. The number of thiophene rings is 1. The molecule has 2 unspecified atom stereocenters. The Labute approximate surface area is 184 Å². The quantitative estimate of drug-likeness (QED) is 0.504. The number of hydrogen-bond donors (Lipinski definition) is 2. The highest BCUT2D eigenvalue weighted by Crippen LogP contribution is 2.41. The molecular formula is C20H16N2O5S3. The highest BCUT2D eigenvalue weighted by molar-refractivity contribution is 8.14. The van der Waals surface area contributed by atoms with Gasteiger partial charge in [0.1, 0.15) is 11.4 Å². The van der Waals surface area contributed by atoms with Crippen LogP contribution in [-0.2, 0) is 25.6 Å². The largest absolute Gasteiger partial charge is 0.479 e. The van der Waals surface area contributed by atoms with E-state index in [1.54, 1.807) is 24.3 Å². The standard InChI is InChI=1S/C20H16N2O5S3/c23-14(9-12-7-4-8-28-12)21-15-17(24)22-16(19(25)26)13(10-29-18(15)22)20(27)30-11-5-2-1-3-6-11/h1-8,10,15-16,18H,9H2,(H,21,23)(H,25,26)/t15?,16?,18-/m1/s1. The molecule has 0 bridgehead atoms. The van der Waals surface area contributed by atoms with Crippen molar-refractivity contribution in [3.05, 3.63) is 63.7 Å². The molecule has 1 saturated heterocycles. The van der Waals surface area contributed by atoms with E-state index in [0.717, 1.165) is 16.6 Å². The fraction of sp³-hybridized carbons (Fsp3) is 0.200. The predicted molar refractivity (Wildman–Crippen MR) is 115 cm³/mol. The van der Waals surface area contributed by atoms with Crippen LogP contribution < -0.4 is 5.32 Å². The Morgan fingerprint density at radius 3 is 2.57 bits per heavy atom. The van der Waals surface area contributed by atoms with Crippen LogP contribution in [0.4, 0.5) is 0 Å². The summed E-state index contributed by atoms with van der Waals surface area (Å²) in [7, 11) is 0. The lowest BCUT2D eigenvalue weighted by Gasteiger charge is -2.51. The van der Waals surface area contributed by atoms with Gasteiger partial charge in [0, 0.05) is 15.3 Å². The molecule has 2 amide bonds. The maximum Gasteiger partial charge on any atom is 0.331 e. The number of amides is 2. The number of carboxylic acid groups (broad SMARTS) is 1. The smallest absolute Gasteiger partial charge is 0.331 e. The maximum atomic E-state index is 12.7. The number of rotatable bonds is 6. The molecule has 3 heterocycles. The molecule has 0 spiro atoms. The zero-order chi connectivity index (χ0) is 21.3. The number of carboxylic acids is 1. The molecule has 0 saturated carbocycles. The summed E-state index contributed by atoms with van der Waals surface area (Å²) in [5.74, 6) is -2.07. The van der Waals surface area contributed by atoms with Crippen LogP contribution in [0.5, 0.6) is 0 Å². The van der Waals surface area contributed by atoms with Gasteiger partial charge in [-0.1, -0.05) is 24.3 Å². The fourth-order valence-electron chi connectivity index (χ4n) is 3.26. The Morgan fingerprint density at radius 2 is 1.90 bits per heavy atom. The van der Waals surface area contributed by atoms with E-state index in [2.05, 4.69) is 5.32 Å². The van der Waals surface area contributed by atoms with Crippen LogP contribution in [0.15, 0.2) is 63.7 Å². The van der Waals surface area contributed by atoms with Crippen molar-refractivity contribution in [3.8, 4) is 0 Å². The molecule has 2 aromatic rings. The minimum atomic E-state index is -1.36. The van der Waals surface area contributed by atoms with Crippen molar-refractivity contribution < 1.29 is 24.3 Å². The Bertz CT molecular complexity index is 1020. The van der Waals surface area contributed by atoms with Crippen LogP contribution in [0.3, 0.4) is 0 Å². The number of nitrogens with zero attached hydrogens (tertiary/aromatic N) is 1. The van der Waals surface area contributed by atoms with Gasteiger partial charge in [-0.2, -0.15) is 0 Å². The Hall–Kier alpha value is -2.56. The van der Waals surface area contributed by atoms with Crippen LogP contribution in [0.25, 0.3) is 0 Å². The molecule has 30 heavy (non-hydrogen) atoms. The first kappa shape index (κ1) is 20.7. The first-order chi connectivity index (χ1) is 14.5. The second-order valence-corrected chi connectivity index (χ2v) is 9.66. The Balaban J connectivity index is 1.47. The summed E-state index contributed by atoms with van der Waals surface area (Å²) in [5.41, 5.74) is 0.0503. The normalized spacial score (nSPS) is 22.5. The molecule has 2 N–H and O–H groups in total. The second kappa shape index (κ2) is 8.66. The number of carbonyl (C=O) groups excluding carboxylic acids is 3. The summed E-state index contributed by atoms with van der Waals surface area (Å²) in [6.45, 7) is 0. The summed E-state index contributed by atoms with van der Waals surface area (Å²) in [6, 6.07) is 10.4. The zero-order valence-electron chi connectivity index (χ0n) is 15.4. The van der Waals surface area contributed by atoms with Crippen molar-refractivity contribution in [2.75, 3.05) is 0 Å². The van der Waals surface area contributed by atoms with E-state index in [4.69, 9.17) is 0 Å². The van der Waals surface area contributed by atoms with Crippen LogP contribution >= 0.6 is 34.9 Å². The number of β-lactam (4-membered cyclic amide) rings is 1. The van der Waals surface area contributed by atoms with E-state index in [1.165, 1.54) is 33.4 Å². The summed E-state index contributed by atoms with van der Waals surface area (Å²) in [5, 5.41) is 14.8. The summed E-state index contributed by atoms with van der Waals surface area (Å²) < 4.78 is 0. The first-order valence-electron chi connectivity index (χ1n) is 8.95. The number of aliphatic carboxylic acids is 1. The average Bonchev–Trinajstić information content (AvgIpc) is 3.24. The molecular weight excluding hydrogens is 444 g/mol. The van der Waals surface area contributed by atoms with Gasteiger partial charge in [0.25, 0.3) is 0 Å². The molecule has 2 aliphatic rings. The molecule has 1 aromatic heterocycles. The molecule has 154 valence electrons. The van der Waals surface area contributed by atoms with Crippen molar-refractivity contribution >= 4 is 57.8 Å². The van der Waals surface area contributed by atoms with E-state index in [9.17, 15) is 24.3 Å². The summed E-state index contributed by atoms with van der Waals surface area (Å²) >= 11 is 3.55. The van der Waals surface area contributed by atoms with Gasteiger partial charge >= 0.3 is 5.97 Å². The average molecular weight is 461 g/mol. The van der Waals surface area contributed by atoms with Crippen LogP contribution in [0, 0.1) is 0 Å². The van der Waals surface area contributed by atoms with E-state index in [-0.39, 0.29) is 17.9 Å². The van der Waals surface area contributed by atoms with Crippen molar-refractivity contribution in [3.63, 3.8) is 0 Å². The third kappa shape index (κ3) is 4.03. The molecule has 1 aromatic carbocycles. The van der Waals surface area contributed by atoms with Gasteiger partial charge in [-0.15, -0.1) is 23.1 Å². The van der Waals surface area contributed by atoms with Crippen molar-refractivity contribution in [1.82, 2.24) is 10.2 Å². The molecule has 10 heteroatoms. The summed E-state index contributed by atoms with van der Waals surface area (Å²) in [6.07, 6.45) is 0.161. The van der Waals surface area contributed by atoms with Gasteiger partial charge in [0.2, 0.25) is 16.9 Å². The Morgan fingerprint density at radius 1 is 1.13 bits per heavy atom. The van der Waals surface area contributed by atoms with E-state index < -0.39 is 34.4 Å². The van der Waals surface area contributed by atoms with E-state index in [0.29, 0.717) is 4.90 Å². The number of hydrogen-bond acceptors (Lipinski definition) is 7. The SMILES string of the molecule is O=C(Cc1cccs1)NC1C(=O)N2C(C(=O)O)C(C(=O)Sc3ccccc3)=CS[C@H]12. The predicted octanol–water partition coefficient (Wildman–Crippen LogP) is 2.35. The number of nitrogens with one attached hydrogen (secondary N) is 1. The highest BCUT2D eigenvalue weighted by atomic mass is 32.2. The molecule has 2 aliphatic heterocycles. The van der Waals surface area contributed by atoms with Gasteiger partial charge in [0.05, 0.1) is 6.42 Å². The molecule has 3 atom stereocenters. The van der Waals surface area contributed by atoms with E-state index >= 15 is 0 Å². The van der Waals surface area contributed by atoms with Crippen molar-refractivity contribution in [2.24, 2.45) is 0 Å². The van der Waals surface area contributed by atoms with Gasteiger partial charge in [0.15, 0.2) is 6.04 Å². The fourth-order valence-corrected chi connectivity index (χ4v) is 6.05. The minimum Gasteiger partial charge on any atom is -0.479 e. The van der Waals surface area contributed by atoms with Crippen molar-refractivity contribution in [2.45, 2.75) is 28.8 Å². The van der Waals surface area contributed by atoms with Crippen LogP contribution in [0.2, 0.25) is 0 Å². The maximum absolute atomic E-state index is 12.7. The van der Waals surface area contributed by atoms with E-state index in [1.807, 2.05) is 23.6 Å². The number of thioether (sulfide) groups is 2. The topological polar surface area (TPSA) is 104 Å². The van der Waals surface area contributed by atoms with Gasteiger partial charge in [-0.05, 0) is 40.7 Å². The first-order valence-corrected chi connectivity index (χ1v) is 11.6. The van der Waals surface area contributed by atoms with Crippen LogP contribution in [0.1, 0.15) is 4.88 Å². The molecule has 7 nitrogen and oxygen atoms in total. The molecule has 4 rings (SSSR count). The lowest BCUT2D eigenvalue weighted by molar-refractivity contribution is -0.160. The molecule has 0 aliphatic carbocycles. The third-order valence-corrected chi connectivity index (χ3v) is 7.62. The molecule has 0 radical (unpaired) electrons. The second-order valence-electron chi connectivity index (χ2n) is 6.59. The number of fused-ring (bicyclic) bond motifs is 1. The number of benzene rings is 1. The van der Waals surface area contributed by atoms with Gasteiger partial charge in [-0.3, -0.25) is 14.4 Å². The van der Waals surface area contributed by atoms with Crippen molar-refractivity contribution in [1.29, 1.82) is 0 Å².